The van der Waals surface area contributed by atoms with Crippen molar-refractivity contribution < 1.29 is 14.4 Å². The van der Waals surface area contributed by atoms with Gasteiger partial charge in [-0.3, -0.25) is 4.79 Å². The van der Waals surface area contributed by atoms with E-state index in [1.54, 1.807) is 5.48 Å². The van der Waals surface area contributed by atoms with Crippen LogP contribution in [-0.2, 0) is 17.3 Å². The molecule has 0 fully saturated rings. The van der Waals surface area contributed by atoms with Gasteiger partial charge in [-0.25, -0.2) is 4.79 Å². The second kappa shape index (κ2) is 4.21. The molecular formula is C2H2N2O3S2. The van der Waals surface area contributed by atoms with Crippen LogP contribution in [-0.4, -0.2) is 11.3 Å². The van der Waals surface area contributed by atoms with Crippen molar-refractivity contribution in [1.29, 1.82) is 0 Å². The average Bonchev–Trinajstić information content (AvgIpc) is 1.83. The van der Waals surface area contributed by atoms with Gasteiger partial charge in [-0.1, -0.05) is 12.6 Å². The number of carbonyl (C=O) groups excluding carboxylic acids is 2. The van der Waals surface area contributed by atoms with Gasteiger partial charge in [-0.05, 0) is 0 Å². The number of amides is 2. The van der Waals surface area contributed by atoms with Crippen LogP contribution in [0.5, 0.6) is 0 Å². The number of rotatable bonds is 0. The molecule has 50 valence electrons. The molecule has 0 radical (unpaired) electrons. The van der Waals surface area contributed by atoms with Gasteiger partial charge in [0.15, 0.2) is 0 Å². The van der Waals surface area contributed by atoms with Crippen LogP contribution < -0.4 is 5.48 Å². The fourth-order valence-electron chi connectivity index (χ4n) is 0.106. The van der Waals surface area contributed by atoms with E-state index in [0.717, 1.165) is 0 Å². The van der Waals surface area contributed by atoms with E-state index in [2.05, 4.69) is 34.3 Å². The van der Waals surface area contributed by atoms with E-state index in [-0.39, 0.29) is 0 Å². The summed E-state index contributed by atoms with van der Waals surface area (Å²) in [4.78, 5) is 23.7. The molecule has 2 amide bonds. The Hall–Kier alpha value is -0.690. The molecule has 0 aliphatic carbocycles. The van der Waals surface area contributed by atoms with Crippen molar-refractivity contribution >= 4 is 36.4 Å². The smallest absolute Gasteiger partial charge is 0.319 e. The first-order chi connectivity index (χ1) is 4.16. The van der Waals surface area contributed by atoms with Crippen LogP contribution in [0.2, 0.25) is 0 Å². The van der Waals surface area contributed by atoms with Gasteiger partial charge in [0.2, 0.25) is 0 Å². The van der Waals surface area contributed by atoms with Gasteiger partial charge < -0.3 is 4.84 Å². The van der Waals surface area contributed by atoms with Gasteiger partial charge in [0.05, 0.1) is 0 Å². The van der Waals surface area contributed by atoms with E-state index < -0.39 is 11.3 Å². The lowest BCUT2D eigenvalue weighted by Crippen LogP contribution is -2.19. The number of thiol groups is 1. The molecule has 0 bridgehead atoms. The molecular weight excluding hydrogens is 164 g/mol. The predicted molar refractivity (Wildman–Crippen MR) is 33.8 cm³/mol. The molecule has 0 atom stereocenters. The molecule has 0 unspecified atom stereocenters. The first-order valence-electron chi connectivity index (χ1n) is 1.70. The topological polar surface area (TPSA) is 67.8 Å². The van der Waals surface area contributed by atoms with Gasteiger partial charge >= 0.3 is 11.3 Å². The monoisotopic (exact) mass is 166 g/mol. The van der Waals surface area contributed by atoms with Gasteiger partial charge in [0.25, 0.3) is 0 Å². The molecule has 5 nitrogen and oxygen atoms in total. The SMILES string of the molecule is O=C(S)NOC(=O)N=S. The molecule has 7 heteroatoms. The predicted octanol–water partition coefficient (Wildman–Crippen LogP) is 0.408. The Labute approximate surface area is 61.3 Å². The molecule has 0 aromatic heterocycles. The fourth-order valence-corrected chi connectivity index (χ4v) is 0.189. The molecule has 0 aliphatic heterocycles. The average molecular weight is 166 g/mol. The summed E-state index contributed by atoms with van der Waals surface area (Å²) in [7, 11) is 0. The van der Waals surface area contributed by atoms with Crippen molar-refractivity contribution in [3.05, 3.63) is 0 Å². The molecule has 9 heavy (non-hydrogen) atoms. The summed E-state index contributed by atoms with van der Waals surface area (Å²) in [5.41, 5.74) is 1.61. The molecule has 0 aliphatic rings. The summed E-state index contributed by atoms with van der Waals surface area (Å²) in [6.07, 6.45) is -1.05. The van der Waals surface area contributed by atoms with Crippen molar-refractivity contribution in [2.75, 3.05) is 0 Å². The number of hydrogen-bond acceptors (Lipinski definition) is 4. The molecule has 0 saturated carbocycles. The minimum Gasteiger partial charge on any atom is -0.319 e. The molecule has 1 N–H and O–H groups in total. The Bertz CT molecular complexity index is 147. The highest BCUT2D eigenvalue weighted by molar-refractivity contribution is 7.96. The van der Waals surface area contributed by atoms with Crippen molar-refractivity contribution in [3.8, 4) is 0 Å². The van der Waals surface area contributed by atoms with E-state index in [1.165, 1.54) is 0 Å². The molecule has 0 aromatic carbocycles. The number of nitrogens with one attached hydrogen (secondary N) is 1. The number of nitrogens with zero attached hydrogens (tertiary/aromatic N) is 1. The zero-order valence-corrected chi connectivity index (χ0v) is 5.74. The fraction of sp³-hybridized carbons (Fsp3) is 0. The van der Waals surface area contributed by atoms with Crippen molar-refractivity contribution in [2.45, 2.75) is 0 Å². The van der Waals surface area contributed by atoms with E-state index in [9.17, 15) is 9.59 Å². The van der Waals surface area contributed by atoms with Crippen LogP contribution in [0.25, 0.3) is 0 Å². The zero-order valence-electron chi connectivity index (χ0n) is 4.03. The van der Waals surface area contributed by atoms with Crippen LogP contribution in [0.15, 0.2) is 4.36 Å². The van der Waals surface area contributed by atoms with Crippen LogP contribution in [0.3, 0.4) is 0 Å². The molecule has 0 saturated heterocycles. The highest BCUT2D eigenvalue weighted by Gasteiger charge is 1.98. The number of hydrogen-bond donors (Lipinski definition) is 2. The van der Waals surface area contributed by atoms with Gasteiger partial charge in [0, 0.05) is 12.4 Å². The summed E-state index contributed by atoms with van der Waals surface area (Å²) >= 11 is 7.11. The lowest BCUT2D eigenvalue weighted by molar-refractivity contribution is 0.118. The standard InChI is InChI=1S/C2H2N2O3S2/c5-1(4-9)7-3-2(6)8/h(H2,3,6,8). The lowest BCUT2D eigenvalue weighted by Gasteiger charge is -1.94. The lowest BCUT2D eigenvalue weighted by atomic mass is 11.3. The summed E-state index contributed by atoms with van der Waals surface area (Å²) < 4.78 is 2.63. The third kappa shape index (κ3) is 5.18. The Morgan fingerprint density at radius 2 is 2.22 bits per heavy atom. The third-order valence-corrected chi connectivity index (χ3v) is 0.541. The Morgan fingerprint density at radius 1 is 1.67 bits per heavy atom. The summed E-state index contributed by atoms with van der Waals surface area (Å²) in [5, 5.41) is -0.790. The molecule has 0 aromatic rings. The van der Waals surface area contributed by atoms with Crippen LogP contribution in [0, 0.1) is 0 Å². The highest BCUT2D eigenvalue weighted by atomic mass is 32.1. The maximum atomic E-state index is 9.97. The summed E-state index contributed by atoms with van der Waals surface area (Å²) in [5.74, 6) is 0. The van der Waals surface area contributed by atoms with E-state index >= 15 is 0 Å². The largest absolute Gasteiger partial charge is 0.469 e. The van der Waals surface area contributed by atoms with E-state index in [4.69, 9.17) is 0 Å². The van der Waals surface area contributed by atoms with Gasteiger partial charge in [-0.2, -0.15) is 5.48 Å². The zero-order chi connectivity index (χ0) is 7.28. The molecule has 0 heterocycles. The Kier molecular flexibility index (Phi) is 3.89. The van der Waals surface area contributed by atoms with E-state index in [1.807, 2.05) is 0 Å². The van der Waals surface area contributed by atoms with Gasteiger partial charge in [0.1, 0.15) is 0 Å². The van der Waals surface area contributed by atoms with Gasteiger partial charge in [-0.15, -0.1) is 4.36 Å². The molecule has 0 spiro atoms. The maximum Gasteiger partial charge on any atom is 0.469 e. The van der Waals surface area contributed by atoms with Crippen molar-refractivity contribution in [3.63, 3.8) is 0 Å². The Morgan fingerprint density at radius 3 is 2.56 bits per heavy atom. The second-order valence-corrected chi connectivity index (χ2v) is 1.46. The van der Waals surface area contributed by atoms with Crippen LogP contribution in [0.4, 0.5) is 9.59 Å². The van der Waals surface area contributed by atoms with E-state index in [0.29, 0.717) is 0 Å². The van der Waals surface area contributed by atoms with Crippen molar-refractivity contribution in [2.24, 2.45) is 4.36 Å². The van der Waals surface area contributed by atoms with Crippen LogP contribution >= 0.6 is 12.6 Å². The number of carbonyl (C=O) groups is 2. The second-order valence-electron chi connectivity index (χ2n) is 0.866. The van der Waals surface area contributed by atoms with Crippen LogP contribution in [0.1, 0.15) is 0 Å². The summed E-state index contributed by atoms with van der Waals surface area (Å²) in [6.45, 7) is 0. The first kappa shape index (κ1) is 8.31. The number of hydroxylamine groups is 1. The first-order valence-corrected chi connectivity index (χ1v) is 2.51. The maximum absolute atomic E-state index is 9.97. The third-order valence-electron chi connectivity index (χ3n) is 0.300. The normalized spacial score (nSPS) is 7.67. The highest BCUT2D eigenvalue weighted by Crippen LogP contribution is 1.80. The minimum atomic E-state index is -1.05. The molecule has 0 rings (SSSR count). The summed E-state index contributed by atoms with van der Waals surface area (Å²) in [6, 6.07) is 0. The minimum absolute atomic E-state index is 0.790. The Balaban J connectivity index is 3.39. The quantitative estimate of drug-likeness (QED) is 0.404. The van der Waals surface area contributed by atoms with Crippen molar-refractivity contribution in [1.82, 2.24) is 5.48 Å².